The Morgan fingerprint density at radius 1 is 1.01 bits per heavy atom. The lowest BCUT2D eigenvalue weighted by Crippen LogP contribution is -2.74. The van der Waals surface area contributed by atoms with Crippen LogP contribution in [0.3, 0.4) is 0 Å². The highest BCUT2D eigenvalue weighted by molar-refractivity contribution is 7.13. The number of benzene rings is 3. The van der Waals surface area contributed by atoms with Gasteiger partial charge in [-0.25, -0.2) is 4.98 Å². The first kappa shape index (κ1) is 52.3. The lowest BCUT2D eigenvalue weighted by Gasteiger charge is -2.63. The number of rotatable bonds is 18. The zero-order chi connectivity index (χ0) is 50.8. The third-order valence-corrected chi connectivity index (χ3v) is 15.4. The van der Waals surface area contributed by atoms with Gasteiger partial charge in [0.15, 0.2) is 0 Å². The number of aliphatic hydroxyl groups is 1. The maximum atomic E-state index is 14.2. The molecule has 1 aromatic heterocycles. The van der Waals surface area contributed by atoms with Crippen LogP contribution in [0.1, 0.15) is 101 Å². The normalized spacial score (nSPS) is 21.8. The van der Waals surface area contributed by atoms with Gasteiger partial charge in [-0.15, -0.1) is 11.3 Å². The van der Waals surface area contributed by atoms with E-state index in [1.807, 2.05) is 76.5 Å². The fourth-order valence-corrected chi connectivity index (χ4v) is 11.3. The second kappa shape index (κ2) is 21.0. The second-order valence-electron chi connectivity index (χ2n) is 21.4. The number of ether oxygens (including phenoxy) is 3. The number of halogens is 1. The Balaban J connectivity index is 0.859. The van der Waals surface area contributed by atoms with Crippen LogP contribution in [0.5, 0.6) is 5.75 Å². The number of aryl methyl sites for hydroxylation is 1. The van der Waals surface area contributed by atoms with Crippen LogP contribution in [-0.2, 0) is 23.9 Å². The molecule has 2 aliphatic heterocycles. The van der Waals surface area contributed by atoms with Crippen molar-refractivity contribution >= 4 is 52.3 Å². The Kier molecular flexibility index (Phi) is 15.7. The molecule has 4 aromatic rings. The Morgan fingerprint density at radius 3 is 2.29 bits per heavy atom. The van der Waals surface area contributed by atoms with Gasteiger partial charge in [0.05, 0.1) is 52.0 Å². The van der Waals surface area contributed by atoms with Crippen molar-refractivity contribution in [2.24, 2.45) is 21.7 Å². The van der Waals surface area contributed by atoms with Crippen LogP contribution >= 0.6 is 22.9 Å². The van der Waals surface area contributed by atoms with Crippen LogP contribution in [0.4, 0.5) is 5.69 Å². The zero-order valence-electron chi connectivity index (χ0n) is 41.5. The maximum Gasteiger partial charge on any atom is 0.251 e. The van der Waals surface area contributed by atoms with Gasteiger partial charge in [-0.3, -0.25) is 19.2 Å². The molecule has 5 N–H and O–H groups in total. The minimum Gasteiger partial charge on any atom is -0.489 e. The predicted octanol–water partition coefficient (Wildman–Crippen LogP) is 7.46. The van der Waals surface area contributed by atoms with E-state index in [-0.39, 0.29) is 61.6 Å². The highest BCUT2D eigenvalue weighted by Gasteiger charge is 2.64. The van der Waals surface area contributed by atoms with Crippen molar-refractivity contribution < 1.29 is 38.5 Å². The number of β-amino-alcohol motifs (C(OH)–C–C–N with tert-alkyl or cyclic N) is 1. The molecule has 15 nitrogen and oxygen atoms in total. The van der Waals surface area contributed by atoms with E-state index in [1.165, 1.54) is 4.90 Å². The van der Waals surface area contributed by atoms with Gasteiger partial charge in [-0.1, -0.05) is 84.3 Å². The third kappa shape index (κ3) is 11.5. The largest absolute Gasteiger partial charge is 0.489 e. The smallest absolute Gasteiger partial charge is 0.251 e. The number of nitrogens with zero attached hydrogens (tertiary/aromatic N) is 3. The fourth-order valence-electron chi connectivity index (χ4n) is 10.2. The summed E-state index contributed by atoms with van der Waals surface area (Å²) in [5.41, 5.74) is 4.71. The number of aliphatic hydroxyl groups excluding tert-OH is 1. The molecule has 1 saturated carbocycles. The lowest BCUT2D eigenvalue weighted by molar-refractivity contribution is -0.164. The number of hydrogen-bond donors (Lipinski definition) is 5. The molecule has 3 aliphatic rings. The molecule has 3 aromatic carbocycles. The van der Waals surface area contributed by atoms with E-state index in [2.05, 4.69) is 60.0 Å². The van der Waals surface area contributed by atoms with Crippen LogP contribution in [-0.4, -0.2) is 108 Å². The molecule has 70 heavy (non-hydrogen) atoms. The van der Waals surface area contributed by atoms with E-state index in [1.54, 1.807) is 41.7 Å². The standard InChI is InChI=1S/C53H66ClN7O8S/c1-31(33-10-12-34(13-11-33)43-32(2)57-30-70-43)58-46(65)41-22-38(62)25-61(41)47(66)44(50(3,4)5)59-42(63)26-67-21-20-53(28-68-29-53)27-56-37-17-14-35(15-18-37)45(64)60-48-51(6,7)49(52(48,8)9)69-39-19-16-36(24-55)40(54)23-39/h10-19,23,30-31,38,41,44,48-49,56,62H,20-22,25-29H2,1-9H3,(H,58,65)(H,59,63)(H,60,64)/t31?,38-,41+,44-,48-,49-/m1/s1. The van der Waals surface area contributed by atoms with Gasteiger partial charge in [0.25, 0.3) is 5.91 Å². The van der Waals surface area contributed by atoms with Crippen molar-refractivity contribution in [3.05, 3.63) is 99.6 Å². The van der Waals surface area contributed by atoms with Crippen LogP contribution in [0.2, 0.25) is 5.02 Å². The Morgan fingerprint density at radius 2 is 1.70 bits per heavy atom. The number of likely N-dealkylation sites (tertiary alicyclic amines) is 1. The molecule has 3 heterocycles. The number of amides is 4. The molecule has 4 atom stereocenters. The van der Waals surface area contributed by atoms with Crippen molar-refractivity contribution in [3.8, 4) is 22.3 Å². The average molecular weight is 997 g/mol. The number of nitrogens with one attached hydrogen (secondary N) is 4. The maximum absolute atomic E-state index is 14.2. The van der Waals surface area contributed by atoms with Gasteiger partial charge in [0, 0.05) is 65.7 Å². The molecule has 3 fully saturated rings. The van der Waals surface area contributed by atoms with Gasteiger partial charge >= 0.3 is 0 Å². The first-order chi connectivity index (χ1) is 33.0. The number of aromatic nitrogens is 1. The summed E-state index contributed by atoms with van der Waals surface area (Å²) in [5, 5.41) is 32.9. The van der Waals surface area contributed by atoms with Gasteiger partial charge in [0.1, 0.15) is 36.6 Å². The fraction of sp³-hybridized carbons (Fsp3) is 0.509. The molecule has 4 amide bonds. The van der Waals surface area contributed by atoms with Crippen LogP contribution in [0, 0.1) is 39.9 Å². The number of anilines is 1. The number of carbonyl (C=O) groups is 4. The summed E-state index contributed by atoms with van der Waals surface area (Å²) < 4.78 is 17.9. The Hall–Kier alpha value is -5.57. The summed E-state index contributed by atoms with van der Waals surface area (Å²) in [6, 6.07) is 19.9. The number of carbonyl (C=O) groups excluding carboxylic acids is 4. The first-order valence-corrected chi connectivity index (χ1v) is 25.0. The number of thiazole rings is 1. The van der Waals surface area contributed by atoms with Crippen molar-refractivity contribution in [2.75, 3.05) is 44.8 Å². The minimum absolute atomic E-state index is 0.0284. The van der Waals surface area contributed by atoms with Gasteiger partial charge in [0.2, 0.25) is 17.7 Å². The highest BCUT2D eigenvalue weighted by Crippen LogP contribution is 2.55. The molecule has 374 valence electrons. The van der Waals surface area contributed by atoms with E-state index in [4.69, 9.17) is 25.8 Å². The van der Waals surface area contributed by atoms with Crippen LogP contribution in [0.15, 0.2) is 72.2 Å². The monoisotopic (exact) mass is 995 g/mol. The summed E-state index contributed by atoms with van der Waals surface area (Å²) in [6.07, 6.45) is -0.416. The molecule has 0 bridgehead atoms. The van der Waals surface area contributed by atoms with E-state index < -0.39 is 46.2 Å². The highest BCUT2D eigenvalue weighted by atomic mass is 35.5. The Labute approximate surface area is 420 Å². The summed E-state index contributed by atoms with van der Waals surface area (Å²) in [5.74, 6) is -0.905. The second-order valence-corrected chi connectivity index (χ2v) is 22.7. The number of hydrogen-bond acceptors (Lipinski definition) is 12. The van der Waals surface area contributed by atoms with Gasteiger partial charge in [-0.05, 0) is 73.2 Å². The number of nitriles is 1. The molecule has 0 radical (unpaired) electrons. The van der Waals surface area contributed by atoms with E-state index in [0.29, 0.717) is 48.1 Å². The molecule has 1 aliphatic carbocycles. The summed E-state index contributed by atoms with van der Waals surface area (Å²) in [4.78, 5) is 61.6. The third-order valence-electron chi connectivity index (χ3n) is 14.1. The molecule has 0 spiro atoms. The van der Waals surface area contributed by atoms with E-state index in [9.17, 15) is 29.5 Å². The van der Waals surface area contributed by atoms with E-state index >= 15 is 0 Å². The molecule has 17 heteroatoms. The van der Waals surface area contributed by atoms with Crippen molar-refractivity contribution in [2.45, 2.75) is 112 Å². The van der Waals surface area contributed by atoms with Crippen molar-refractivity contribution in [1.29, 1.82) is 5.26 Å². The summed E-state index contributed by atoms with van der Waals surface area (Å²) in [6.45, 7) is 19.2. The quantitative estimate of drug-likeness (QED) is 0.0619. The molecular weight excluding hydrogens is 930 g/mol. The zero-order valence-corrected chi connectivity index (χ0v) is 43.1. The topological polar surface area (TPSA) is 204 Å². The Bertz CT molecular complexity index is 2570. The molecule has 2 saturated heterocycles. The lowest BCUT2D eigenvalue weighted by atomic mass is 9.49. The predicted molar refractivity (Wildman–Crippen MR) is 269 cm³/mol. The molecule has 1 unspecified atom stereocenters. The summed E-state index contributed by atoms with van der Waals surface area (Å²) in [7, 11) is 0. The van der Waals surface area contributed by atoms with Crippen LogP contribution < -0.4 is 26.0 Å². The first-order valence-electron chi connectivity index (χ1n) is 23.8. The van der Waals surface area contributed by atoms with Crippen LogP contribution in [0.25, 0.3) is 10.4 Å². The van der Waals surface area contributed by atoms with E-state index in [0.717, 1.165) is 27.4 Å². The minimum atomic E-state index is -0.984. The van der Waals surface area contributed by atoms with Crippen molar-refractivity contribution in [3.63, 3.8) is 0 Å². The molecular formula is C53H66ClN7O8S. The van der Waals surface area contributed by atoms with Gasteiger partial charge in [-0.2, -0.15) is 5.26 Å². The molecule has 7 rings (SSSR count). The van der Waals surface area contributed by atoms with Gasteiger partial charge < -0.3 is 45.5 Å². The average Bonchev–Trinajstić information content (AvgIpc) is 3.92. The summed E-state index contributed by atoms with van der Waals surface area (Å²) >= 11 is 7.83. The van der Waals surface area contributed by atoms with Crippen molar-refractivity contribution in [1.82, 2.24) is 25.8 Å². The SMILES string of the molecule is Cc1ncsc1-c1ccc(C(C)NC(=O)[C@@H]2C[C@@H](O)CN2C(=O)[C@@H](NC(=O)COCCC2(CNc3ccc(C(=O)N[C@H]4C(C)(C)[C@H](Oc5ccc(C#N)c(Cl)c5)C4(C)C)cc3)COC2)C(C)(C)C)cc1.